The summed E-state index contributed by atoms with van der Waals surface area (Å²) in [6.07, 6.45) is 1.47. The number of esters is 1. The molecule has 0 aliphatic rings. The van der Waals surface area contributed by atoms with Gasteiger partial charge in [0.05, 0.1) is 28.7 Å². The molecule has 1 aromatic carbocycles. The number of aryl methyl sites for hydroxylation is 2. The van der Waals surface area contributed by atoms with Gasteiger partial charge in [-0.25, -0.2) is 14.8 Å². The third-order valence-corrected chi connectivity index (χ3v) is 3.23. The van der Waals surface area contributed by atoms with Gasteiger partial charge in [0.1, 0.15) is 6.61 Å². The predicted octanol–water partition coefficient (Wildman–Crippen LogP) is 3.20. The number of ether oxygens (including phenoxy) is 1. The highest BCUT2D eigenvalue weighted by molar-refractivity contribution is 5.87. The molecule has 3 rings (SSSR count). The van der Waals surface area contributed by atoms with Crippen molar-refractivity contribution >= 4 is 17.0 Å². The number of para-hydroxylation sites is 2. The molecular formula is C16H14N2O3. The first-order valence-electron chi connectivity index (χ1n) is 6.58. The average Bonchev–Trinajstić information content (AvgIpc) is 2.91. The molecule has 5 nitrogen and oxygen atoms in total. The van der Waals surface area contributed by atoms with Crippen LogP contribution in [-0.2, 0) is 11.3 Å². The second-order valence-electron chi connectivity index (χ2n) is 4.75. The van der Waals surface area contributed by atoms with Crippen LogP contribution in [-0.4, -0.2) is 15.9 Å². The van der Waals surface area contributed by atoms with Crippen molar-refractivity contribution < 1.29 is 13.9 Å². The van der Waals surface area contributed by atoms with Crippen molar-refractivity contribution in [2.75, 3.05) is 0 Å². The maximum Gasteiger partial charge on any atom is 0.374 e. The molecule has 106 valence electrons. The zero-order valence-corrected chi connectivity index (χ0v) is 11.8. The van der Waals surface area contributed by atoms with Crippen molar-refractivity contribution in [1.29, 1.82) is 0 Å². The van der Waals surface area contributed by atoms with Gasteiger partial charge in [-0.15, -0.1) is 0 Å². The van der Waals surface area contributed by atoms with Gasteiger partial charge in [-0.3, -0.25) is 0 Å². The first-order chi connectivity index (χ1) is 10.1. The third-order valence-electron chi connectivity index (χ3n) is 3.23. The fourth-order valence-electron chi connectivity index (χ4n) is 2.04. The van der Waals surface area contributed by atoms with Crippen LogP contribution in [0.25, 0.3) is 11.0 Å². The van der Waals surface area contributed by atoms with Gasteiger partial charge in [-0.05, 0) is 32.0 Å². The summed E-state index contributed by atoms with van der Waals surface area (Å²) in [5, 5.41) is 0. The van der Waals surface area contributed by atoms with Crippen LogP contribution in [0.5, 0.6) is 0 Å². The summed E-state index contributed by atoms with van der Waals surface area (Å²) in [5.41, 5.74) is 3.75. The number of nitrogens with zero attached hydrogens (tertiary/aromatic N) is 2. The van der Waals surface area contributed by atoms with Gasteiger partial charge in [0, 0.05) is 5.56 Å². The summed E-state index contributed by atoms with van der Waals surface area (Å²) in [5.74, 6) is -0.270. The van der Waals surface area contributed by atoms with Crippen molar-refractivity contribution in [2.24, 2.45) is 0 Å². The minimum atomic E-state index is -0.494. The number of hydrogen-bond acceptors (Lipinski definition) is 5. The van der Waals surface area contributed by atoms with Gasteiger partial charge >= 0.3 is 5.97 Å². The predicted molar refractivity (Wildman–Crippen MR) is 76.8 cm³/mol. The quantitative estimate of drug-likeness (QED) is 0.690. The summed E-state index contributed by atoms with van der Waals surface area (Å²) < 4.78 is 10.4. The van der Waals surface area contributed by atoms with Gasteiger partial charge in [0.25, 0.3) is 0 Å². The molecule has 0 radical (unpaired) electrons. The first kappa shape index (κ1) is 13.3. The van der Waals surface area contributed by atoms with Crippen LogP contribution in [0.15, 0.2) is 41.0 Å². The number of furan rings is 1. The molecular weight excluding hydrogens is 268 g/mol. The topological polar surface area (TPSA) is 65.2 Å². The van der Waals surface area contributed by atoms with Gasteiger partial charge < -0.3 is 9.15 Å². The summed E-state index contributed by atoms with van der Waals surface area (Å²) in [4.78, 5) is 20.8. The van der Waals surface area contributed by atoms with Crippen molar-refractivity contribution in [1.82, 2.24) is 9.97 Å². The van der Waals surface area contributed by atoms with Crippen LogP contribution < -0.4 is 0 Å². The van der Waals surface area contributed by atoms with Crippen LogP contribution in [0.2, 0.25) is 0 Å². The lowest BCUT2D eigenvalue weighted by molar-refractivity contribution is 0.0429. The number of benzene rings is 1. The van der Waals surface area contributed by atoms with E-state index in [9.17, 15) is 4.79 Å². The van der Waals surface area contributed by atoms with Crippen LogP contribution in [0.3, 0.4) is 0 Å². The molecule has 0 atom stereocenters. The molecule has 0 aliphatic heterocycles. The minimum Gasteiger partial charge on any atom is -0.457 e. The summed E-state index contributed by atoms with van der Waals surface area (Å²) >= 11 is 0. The number of fused-ring (bicyclic) bond motifs is 1. The van der Waals surface area contributed by atoms with E-state index < -0.39 is 5.97 Å². The van der Waals surface area contributed by atoms with Crippen molar-refractivity contribution in [3.63, 3.8) is 0 Å². The molecule has 3 aromatic rings. The van der Waals surface area contributed by atoms with E-state index >= 15 is 0 Å². The molecule has 0 fully saturated rings. The highest BCUT2D eigenvalue weighted by atomic mass is 16.5. The summed E-state index contributed by atoms with van der Waals surface area (Å²) in [7, 11) is 0. The largest absolute Gasteiger partial charge is 0.457 e. The number of rotatable bonds is 3. The lowest BCUT2D eigenvalue weighted by Crippen LogP contribution is -2.08. The lowest BCUT2D eigenvalue weighted by Gasteiger charge is -2.07. The first-order valence-corrected chi connectivity index (χ1v) is 6.58. The van der Waals surface area contributed by atoms with E-state index in [1.165, 1.54) is 6.26 Å². The van der Waals surface area contributed by atoms with Crippen LogP contribution in [0.4, 0.5) is 0 Å². The average molecular weight is 282 g/mol. The van der Waals surface area contributed by atoms with E-state index in [2.05, 4.69) is 9.97 Å². The van der Waals surface area contributed by atoms with E-state index in [0.29, 0.717) is 5.69 Å². The molecule has 0 aliphatic carbocycles. The monoisotopic (exact) mass is 282 g/mol. The molecule has 0 unspecified atom stereocenters. The molecule has 5 heteroatoms. The van der Waals surface area contributed by atoms with E-state index in [0.717, 1.165) is 22.3 Å². The maximum absolute atomic E-state index is 11.9. The van der Waals surface area contributed by atoms with Gasteiger partial charge in [-0.2, -0.15) is 0 Å². The van der Waals surface area contributed by atoms with Crippen molar-refractivity contribution in [3.8, 4) is 0 Å². The molecule has 0 bridgehead atoms. The molecule has 21 heavy (non-hydrogen) atoms. The number of carbonyl (C=O) groups excluding carboxylic acids is 1. The molecule has 0 amide bonds. The molecule has 2 heterocycles. The van der Waals surface area contributed by atoms with Crippen LogP contribution >= 0.6 is 0 Å². The van der Waals surface area contributed by atoms with E-state index in [-0.39, 0.29) is 12.4 Å². The third kappa shape index (κ3) is 2.63. The second kappa shape index (κ2) is 5.36. The SMILES string of the molecule is Cc1ccoc1C(=O)OCc1nc2ccccc2nc1C. The van der Waals surface area contributed by atoms with Crippen LogP contribution in [0.1, 0.15) is 27.5 Å². The zero-order chi connectivity index (χ0) is 14.8. The molecule has 2 aromatic heterocycles. The summed E-state index contributed by atoms with van der Waals surface area (Å²) in [6.45, 7) is 3.71. The number of hydrogen-bond donors (Lipinski definition) is 0. The Bertz CT molecular complexity index is 808. The Balaban J connectivity index is 1.80. The zero-order valence-electron chi connectivity index (χ0n) is 11.8. The maximum atomic E-state index is 11.9. The molecule has 0 N–H and O–H groups in total. The number of carbonyl (C=O) groups is 1. The normalized spacial score (nSPS) is 10.8. The Labute approximate surface area is 121 Å². The van der Waals surface area contributed by atoms with Crippen molar-refractivity contribution in [2.45, 2.75) is 20.5 Å². The Hall–Kier alpha value is -2.69. The van der Waals surface area contributed by atoms with Gasteiger partial charge in [-0.1, -0.05) is 12.1 Å². The van der Waals surface area contributed by atoms with E-state index in [1.54, 1.807) is 13.0 Å². The summed E-state index contributed by atoms with van der Waals surface area (Å²) in [6, 6.07) is 9.31. The van der Waals surface area contributed by atoms with Crippen LogP contribution in [0, 0.1) is 13.8 Å². The molecule has 0 spiro atoms. The van der Waals surface area contributed by atoms with E-state index in [1.807, 2.05) is 31.2 Å². The standard InChI is InChI=1S/C16H14N2O3/c1-10-7-8-20-15(10)16(19)21-9-14-11(2)17-12-5-3-4-6-13(12)18-14/h3-8H,9H2,1-2H3. The molecule has 0 saturated carbocycles. The Kier molecular flexibility index (Phi) is 3.39. The second-order valence-corrected chi connectivity index (χ2v) is 4.75. The molecule has 0 saturated heterocycles. The van der Waals surface area contributed by atoms with E-state index in [4.69, 9.17) is 9.15 Å². The smallest absolute Gasteiger partial charge is 0.374 e. The van der Waals surface area contributed by atoms with Crippen molar-refractivity contribution in [3.05, 3.63) is 59.3 Å². The fraction of sp³-hybridized carbons (Fsp3) is 0.188. The van der Waals surface area contributed by atoms with Gasteiger partial charge in [0.15, 0.2) is 0 Å². The van der Waals surface area contributed by atoms with Gasteiger partial charge in [0.2, 0.25) is 5.76 Å². The fourth-order valence-corrected chi connectivity index (χ4v) is 2.04. The minimum absolute atomic E-state index is 0.0721. The highest BCUT2D eigenvalue weighted by Crippen LogP contribution is 2.15. The highest BCUT2D eigenvalue weighted by Gasteiger charge is 2.15. The Morgan fingerprint density at radius 1 is 1.14 bits per heavy atom. The number of aromatic nitrogens is 2. The Morgan fingerprint density at radius 3 is 2.52 bits per heavy atom. The lowest BCUT2D eigenvalue weighted by atomic mass is 10.2. The Morgan fingerprint density at radius 2 is 1.86 bits per heavy atom.